The second-order valence-electron chi connectivity index (χ2n) is 7.87. The van der Waals surface area contributed by atoms with Gasteiger partial charge in [0.05, 0.1) is 18.8 Å². The van der Waals surface area contributed by atoms with Crippen molar-refractivity contribution in [1.82, 2.24) is 19.1 Å². The molecule has 0 radical (unpaired) electrons. The highest BCUT2D eigenvalue weighted by molar-refractivity contribution is 5.75. The van der Waals surface area contributed by atoms with Crippen molar-refractivity contribution >= 4 is 35.3 Å². The van der Waals surface area contributed by atoms with Gasteiger partial charge < -0.3 is 19.9 Å². The van der Waals surface area contributed by atoms with E-state index in [1.165, 1.54) is 29.2 Å². The first-order chi connectivity index (χ1) is 16.3. The van der Waals surface area contributed by atoms with E-state index in [-0.39, 0.29) is 31.2 Å². The number of fused-ring (bicyclic) bond motifs is 1. The van der Waals surface area contributed by atoms with Crippen molar-refractivity contribution in [2.75, 3.05) is 12.3 Å². The van der Waals surface area contributed by atoms with Crippen LogP contribution in [0.1, 0.15) is 42.4 Å². The van der Waals surface area contributed by atoms with E-state index in [0.29, 0.717) is 11.1 Å². The normalized spacial score (nSPS) is 19.8. The highest BCUT2D eigenvalue weighted by atomic mass is 16.6. The summed E-state index contributed by atoms with van der Waals surface area (Å²) in [5.41, 5.74) is 7.19. The molecule has 4 rings (SSSR count). The van der Waals surface area contributed by atoms with E-state index in [1.807, 2.05) is 0 Å². The molecule has 178 valence electrons. The summed E-state index contributed by atoms with van der Waals surface area (Å²) in [5, 5.41) is 0. The number of nitrogens with two attached hydrogens (primary N) is 1. The van der Waals surface area contributed by atoms with Crippen LogP contribution in [0.15, 0.2) is 35.3 Å². The minimum atomic E-state index is -1.02. The van der Waals surface area contributed by atoms with E-state index in [0.717, 1.165) is 11.8 Å². The van der Waals surface area contributed by atoms with Crippen LogP contribution in [0.3, 0.4) is 0 Å². The quantitative estimate of drug-likeness (QED) is 0.388. The molecule has 1 aliphatic heterocycles. The third kappa shape index (κ3) is 4.66. The van der Waals surface area contributed by atoms with Crippen molar-refractivity contribution in [2.24, 2.45) is 0 Å². The number of anilines is 1. The molecule has 3 atom stereocenters. The fourth-order valence-corrected chi connectivity index (χ4v) is 3.92. The fourth-order valence-electron chi connectivity index (χ4n) is 3.92. The molecule has 2 N–H and O–H groups in total. The van der Waals surface area contributed by atoms with Crippen LogP contribution in [0.5, 0.6) is 0 Å². The Labute approximate surface area is 193 Å². The maximum absolute atomic E-state index is 13.6. The van der Waals surface area contributed by atoms with Gasteiger partial charge in [-0.3, -0.25) is 19.0 Å². The van der Waals surface area contributed by atoms with E-state index < -0.39 is 36.1 Å². The van der Waals surface area contributed by atoms with Gasteiger partial charge in [0.15, 0.2) is 11.9 Å². The SMILES string of the molecule is CC(=O)OC[C@@H]1C[C@@H](OC(C)=O)[C@H](n2c(=O)n(Cc3ccc(C=O)cc3)c3cnc(N)nc32)O1. The molecule has 12 heteroatoms. The van der Waals surface area contributed by atoms with Gasteiger partial charge in [0.1, 0.15) is 24.5 Å². The predicted octanol–water partition coefficient (Wildman–Crippen LogP) is 0.818. The summed E-state index contributed by atoms with van der Waals surface area (Å²) < 4.78 is 19.2. The number of carbonyl (C=O) groups excluding carboxylic acids is 3. The topological polar surface area (TPSA) is 158 Å². The number of nitrogens with zero attached hydrogens (tertiary/aromatic N) is 4. The van der Waals surface area contributed by atoms with Crippen molar-refractivity contribution in [3.8, 4) is 0 Å². The third-order valence-corrected chi connectivity index (χ3v) is 5.37. The number of esters is 2. The number of imidazole rings is 1. The Morgan fingerprint density at radius 1 is 1.24 bits per heavy atom. The van der Waals surface area contributed by atoms with Crippen LogP contribution in [-0.2, 0) is 30.3 Å². The van der Waals surface area contributed by atoms with Gasteiger partial charge >= 0.3 is 17.6 Å². The zero-order chi connectivity index (χ0) is 24.4. The zero-order valence-electron chi connectivity index (χ0n) is 18.5. The lowest BCUT2D eigenvalue weighted by Crippen LogP contribution is -2.34. The fraction of sp³-hybridized carbons (Fsp3) is 0.364. The van der Waals surface area contributed by atoms with Crippen molar-refractivity contribution in [3.63, 3.8) is 0 Å². The van der Waals surface area contributed by atoms with Crippen LogP contribution in [0.25, 0.3) is 11.2 Å². The molecule has 1 fully saturated rings. The predicted molar refractivity (Wildman–Crippen MR) is 118 cm³/mol. The standard InChI is InChI=1S/C22H23N5O7/c1-12(29)32-11-16-7-18(33-13(2)30)20(34-16)27-19-17(8-24-21(23)25-19)26(22(27)31)9-14-3-5-15(10-28)6-4-14/h3-6,8,10,16,18,20H,7,9,11H2,1-2H3,(H2,23,24,25)/t16-,18+,20+/m0/s1. The molecule has 1 aromatic carbocycles. The summed E-state index contributed by atoms with van der Waals surface area (Å²) in [5.74, 6) is -1.08. The van der Waals surface area contributed by atoms with Crippen LogP contribution in [-0.4, -0.2) is 56.1 Å². The van der Waals surface area contributed by atoms with Gasteiger partial charge in [-0.25, -0.2) is 14.3 Å². The van der Waals surface area contributed by atoms with Crippen molar-refractivity contribution in [3.05, 3.63) is 52.1 Å². The average Bonchev–Trinajstić information content (AvgIpc) is 3.29. The molecule has 3 heterocycles. The maximum atomic E-state index is 13.6. The highest BCUT2D eigenvalue weighted by Gasteiger charge is 2.41. The van der Waals surface area contributed by atoms with Crippen molar-refractivity contribution in [2.45, 2.75) is 45.2 Å². The molecule has 3 aromatic rings. The molecule has 0 aliphatic carbocycles. The number of aromatic nitrogens is 4. The number of benzene rings is 1. The molecule has 0 unspecified atom stereocenters. The summed E-state index contributed by atoms with van der Waals surface area (Å²) in [7, 11) is 0. The monoisotopic (exact) mass is 469 g/mol. The second-order valence-corrected chi connectivity index (χ2v) is 7.87. The molecule has 0 saturated carbocycles. The zero-order valence-corrected chi connectivity index (χ0v) is 18.5. The highest BCUT2D eigenvalue weighted by Crippen LogP contribution is 2.33. The average molecular weight is 469 g/mol. The number of nitrogen functional groups attached to an aromatic ring is 1. The summed E-state index contributed by atoms with van der Waals surface area (Å²) in [6, 6.07) is 6.77. The second kappa shape index (κ2) is 9.43. The van der Waals surface area contributed by atoms with E-state index in [4.69, 9.17) is 19.9 Å². The Bertz CT molecular complexity index is 1300. The van der Waals surface area contributed by atoms with Crippen LogP contribution >= 0.6 is 0 Å². The van der Waals surface area contributed by atoms with Crippen LogP contribution in [0.4, 0.5) is 5.95 Å². The summed E-state index contributed by atoms with van der Waals surface area (Å²) >= 11 is 0. The van der Waals surface area contributed by atoms with Gasteiger partial charge in [0.25, 0.3) is 0 Å². The number of aldehydes is 1. The van der Waals surface area contributed by atoms with E-state index in [9.17, 15) is 19.2 Å². The van der Waals surface area contributed by atoms with Gasteiger partial charge in [-0.05, 0) is 5.56 Å². The first-order valence-corrected chi connectivity index (χ1v) is 10.5. The molecule has 1 aliphatic rings. The van der Waals surface area contributed by atoms with E-state index in [2.05, 4.69) is 9.97 Å². The van der Waals surface area contributed by atoms with Crippen molar-refractivity contribution < 1.29 is 28.6 Å². The largest absolute Gasteiger partial charge is 0.463 e. The minimum Gasteiger partial charge on any atom is -0.463 e. The Kier molecular flexibility index (Phi) is 6.41. The number of carbonyl (C=O) groups is 3. The molecule has 1 saturated heterocycles. The number of hydrogen-bond acceptors (Lipinski definition) is 10. The van der Waals surface area contributed by atoms with Gasteiger partial charge in [-0.1, -0.05) is 24.3 Å². The first kappa shape index (κ1) is 23.1. The van der Waals surface area contributed by atoms with Gasteiger partial charge in [-0.2, -0.15) is 4.98 Å². The molecule has 0 amide bonds. The Morgan fingerprint density at radius 2 is 1.97 bits per heavy atom. The van der Waals surface area contributed by atoms with Crippen LogP contribution in [0.2, 0.25) is 0 Å². The molecule has 12 nitrogen and oxygen atoms in total. The lowest BCUT2D eigenvalue weighted by molar-refractivity contribution is -0.153. The number of hydrogen-bond donors (Lipinski definition) is 1. The third-order valence-electron chi connectivity index (χ3n) is 5.37. The number of ether oxygens (including phenoxy) is 3. The summed E-state index contributed by atoms with van der Waals surface area (Å²) in [6.45, 7) is 2.63. The summed E-state index contributed by atoms with van der Waals surface area (Å²) in [4.78, 5) is 55.7. The lowest BCUT2D eigenvalue weighted by atomic mass is 10.1. The van der Waals surface area contributed by atoms with Crippen molar-refractivity contribution in [1.29, 1.82) is 0 Å². The maximum Gasteiger partial charge on any atom is 0.332 e. The molecule has 0 spiro atoms. The van der Waals surface area contributed by atoms with Crippen LogP contribution < -0.4 is 11.4 Å². The van der Waals surface area contributed by atoms with Crippen LogP contribution in [0, 0.1) is 0 Å². The lowest BCUT2D eigenvalue weighted by Gasteiger charge is -2.19. The number of rotatable bonds is 7. The smallest absolute Gasteiger partial charge is 0.332 e. The Balaban J connectivity index is 1.77. The van der Waals surface area contributed by atoms with Gasteiger partial charge in [0.2, 0.25) is 5.95 Å². The molecule has 0 bridgehead atoms. The molecule has 2 aromatic heterocycles. The molecular weight excluding hydrogens is 446 g/mol. The van der Waals surface area contributed by atoms with E-state index >= 15 is 0 Å². The van der Waals surface area contributed by atoms with Gasteiger partial charge in [-0.15, -0.1) is 0 Å². The minimum absolute atomic E-state index is 0.0489. The first-order valence-electron chi connectivity index (χ1n) is 10.5. The summed E-state index contributed by atoms with van der Waals surface area (Å²) in [6.07, 6.45) is -0.0627. The van der Waals surface area contributed by atoms with Gasteiger partial charge in [0, 0.05) is 25.8 Å². The Hall–Kier alpha value is -4.06. The van der Waals surface area contributed by atoms with E-state index in [1.54, 1.807) is 24.3 Å². The molecular formula is C22H23N5O7. The molecule has 34 heavy (non-hydrogen) atoms. The Morgan fingerprint density at radius 3 is 2.62 bits per heavy atom.